The Labute approximate surface area is 64.6 Å². The Morgan fingerprint density at radius 2 is 2.55 bits per heavy atom. The molecule has 1 aromatic rings. The van der Waals surface area contributed by atoms with E-state index >= 15 is 0 Å². The fourth-order valence-corrected chi connectivity index (χ4v) is 0.749. The lowest BCUT2D eigenvalue weighted by molar-refractivity contribution is 0.0676. The molecule has 5 heteroatoms. The molecule has 1 aromatic heterocycles. The summed E-state index contributed by atoms with van der Waals surface area (Å²) in [5.41, 5.74) is 4.42. The van der Waals surface area contributed by atoms with Crippen molar-refractivity contribution < 1.29 is 5.11 Å². The van der Waals surface area contributed by atoms with E-state index in [1.165, 1.54) is 6.33 Å². The zero-order valence-corrected chi connectivity index (χ0v) is 6.41. The first-order valence-corrected chi connectivity index (χ1v) is 3.41. The van der Waals surface area contributed by atoms with Crippen LogP contribution in [0, 0.1) is 0 Å². The van der Waals surface area contributed by atoms with Crippen LogP contribution in [0.3, 0.4) is 0 Å². The maximum Gasteiger partial charge on any atom is 0.137 e. The van der Waals surface area contributed by atoms with Crippen LogP contribution < -0.4 is 5.73 Å². The summed E-state index contributed by atoms with van der Waals surface area (Å²) in [6.07, 6.45) is 1.81. The molecule has 0 saturated heterocycles. The van der Waals surface area contributed by atoms with E-state index in [-0.39, 0.29) is 6.54 Å². The predicted molar refractivity (Wildman–Crippen MR) is 39.8 cm³/mol. The van der Waals surface area contributed by atoms with E-state index in [4.69, 9.17) is 5.73 Å². The molecule has 0 fully saturated rings. The molecule has 62 valence electrons. The van der Waals surface area contributed by atoms with Crippen molar-refractivity contribution in [3.8, 4) is 0 Å². The highest BCUT2D eigenvalue weighted by Crippen LogP contribution is 2.06. The molecule has 0 spiro atoms. The van der Waals surface area contributed by atoms with Crippen molar-refractivity contribution in [1.82, 2.24) is 15.2 Å². The van der Waals surface area contributed by atoms with Crippen LogP contribution in [0.5, 0.6) is 0 Å². The van der Waals surface area contributed by atoms with Crippen molar-refractivity contribution in [3.63, 3.8) is 0 Å². The second kappa shape index (κ2) is 2.98. The number of nitrogens with zero attached hydrogens (tertiary/aromatic N) is 2. The summed E-state index contributed by atoms with van der Waals surface area (Å²) in [6, 6.07) is 0. The van der Waals surface area contributed by atoms with Crippen LogP contribution in [0.1, 0.15) is 12.7 Å². The Balaban J connectivity index is 2.56. The van der Waals surface area contributed by atoms with Crippen LogP contribution in [0.25, 0.3) is 0 Å². The molecule has 5 nitrogen and oxygen atoms in total. The Bertz CT molecular complexity index is 206. The fourth-order valence-electron chi connectivity index (χ4n) is 0.749. The zero-order valence-electron chi connectivity index (χ0n) is 6.41. The molecule has 0 aliphatic carbocycles. The van der Waals surface area contributed by atoms with Crippen LogP contribution in [0.15, 0.2) is 6.33 Å². The van der Waals surface area contributed by atoms with E-state index in [0.29, 0.717) is 12.2 Å². The molecule has 1 unspecified atom stereocenters. The molecular weight excluding hydrogens is 144 g/mol. The molecule has 4 N–H and O–H groups in total. The average molecular weight is 156 g/mol. The van der Waals surface area contributed by atoms with E-state index in [9.17, 15) is 5.11 Å². The van der Waals surface area contributed by atoms with Crippen LogP contribution in [0.2, 0.25) is 0 Å². The molecule has 0 aromatic carbocycles. The summed E-state index contributed by atoms with van der Waals surface area (Å²) >= 11 is 0. The molecule has 0 radical (unpaired) electrons. The highest BCUT2D eigenvalue weighted by molar-refractivity contribution is 4.90. The number of H-pyrrole nitrogens is 1. The SMILES string of the molecule is CC(O)(CN)Cc1ncn[nH]1. The van der Waals surface area contributed by atoms with E-state index in [2.05, 4.69) is 15.2 Å². The predicted octanol–water partition coefficient (Wildman–Crippen LogP) is -0.943. The third-order valence-electron chi connectivity index (χ3n) is 1.45. The van der Waals surface area contributed by atoms with Gasteiger partial charge in [0.15, 0.2) is 0 Å². The van der Waals surface area contributed by atoms with E-state index < -0.39 is 5.60 Å². The van der Waals surface area contributed by atoms with Crippen LogP contribution in [0.4, 0.5) is 0 Å². The topological polar surface area (TPSA) is 87.8 Å². The second-order valence-electron chi connectivity index (χ2n) is 2.81. The smallest absolute Gasteiger partial charge is 0.137 e. The Morgan fingerprint density at radius 1 is 1.82 bits per heavy atom. The first-order chi connectivity index (χ1) is 5.14. The summed E-state index contributed by atoms with van der Waals surface area (Å²) in [7, 11) is 0. The lowest BCUT2D eigenvalue weighted by atomic mass is 10.0. The summed E-state index contributed by atoms with van der Waals surface area (Å²) in [5, 5.41) is 15.8. The van der Waals surface area contributed by atoms with Crippen LogP contribution in [-0.4, -0.2) is 32.4 Å². The standard InChI is InChI=1S/C6H12N4O/c1-6(11,3-7)2-5-8-4-9-10-5/h4,11H,2-3,7H2,1H3,(H,8,9,10). The third-order valence-corrected chi connectivity index (χ3v) is 1.45. The maximum atomic E-state index is 9.48. The molecular formula is C6H12N4O. The second-order valence-corrected chi connectivity index (χ2v) is 2.81. The van der Waals surface area contributed by atoms with Gasteiger partial charge in [0.05, 0.1) is 5.60 Å². The third kappa shape index (κ3) is 2.28. The monoisotopic (exact) mass is 156 g/mol. The molecule has 11 heavy (non-hydrogen) atoms. The minimum atomic E-state index is -0.889. The first-order valence-electron chi connectivity index (χ1n) is 3.41. The van der Waals surface area contributed by atoms with Gasteiger partial charge >= 0.3 is 0 Å². The summed E-state index contributed by atoms with van der Waals surface area (Å²) in [6.45, 7) is 1.88. The van der Waals surface area contributed by atoms with Gasteiger partial charge in [0.25, 0.3) is 0 Å². The minimum absolute atomic E-state index is 0.216. The normalized spacial score (nSPS) is 16.3. The van der Waals surface area contributed by atoms with Crippen molar-refractivity contribution in [2.45, 2.75) is 18.9 Å². The summed E-state index contributed by atoms with van der Waals surface area (Å²) in [4.78, 5) is 3.87. The van der Waals surface area contributed by atoms with Crippen molar-refractivity contribution in [2.75, 3.05) is 6.54 Å². The molecule has 0 amide bonds. The number of nitrogens with one attached hydrogen (secondary N) is 1. The molecule has 0 saturated carbocycles. The zero-order chi connectivity index (χ0) is 8.32. The maximum absolute atomic E-state index is 9.48. The molecule has 0 aliphatic heterocycles. The van der Waals surface area contributed by atoms with Crippen LogP contribution >= 0.6 is 0 Å². The lowest BCUT2D eigenvalue weighted by Gasteiger charge is -2.18. The summed E-state index contributed by atoms with van der Waals surface area (Å²) < 4.78 is 0. The highest BCUT2D eigenvalue weighted by atomic mass is 16.3. The van der Waals surface area contributed by atoms with Gasteiger partial charge in [-0.05, 0) is 6.92 Å². The van der Waals surface area contributed by atoms with Gasteiger partial charge in [-0.25, -0.2) is 4.98 Å². The van der Waals surface area contributed by atoms with E-state index in [1.807, 2.05) is 0 Å². The van der Waals surface area contributed by atoms with Crippen molar-refractivity contribution in [1.29, 1.82) is 0 Å². The van der Waals surface area contributed by atoms with Crippen LogP contribution in [-0.2, 0) is 6.42 Å². The molecule has 1 atom stereocenters. The Morgan fingerprint density at radius 3 is 3.00 bits per heavy atom. The fraction of sp³-hybridized carbons (Fsp3) is 0.667. The van der Waals surface area contributed by atoms with Gasteiger partial charge in [-0.3, -0.25) is 5.10 Å². The molecule has 1 rings (SSSR count). The molecule has 0 aliphatic rings. The minimum Gasteiger partial charge on any atom is -0.388 e. The molecule has 1 heterocycles. The number of aliphatic hydroxyl groups is 1. The number of hydrogen-bond acceptors (Lipinski definition) is 4. The van der Waals surface area contributed by atoms with Crippen molar-refractivity contribution >= 4 is 0 Å². The van der Waals surface area contributed by atoms with Crippen molar-refractivity contribution in [3.05, 3.63) is 12.2 Å². The summed E-state index contributed by atoms with van der Waals surface area (Å²) in [5.74, 6) is 0.653. The average Bonchev–Trinajstić information content (AvgIpc) is 2.39. The van der Waals surface area contributed by atoms with Gasteiger partial charge < -0.3 is 10.8 Å². The van der Waals surface area contributed by atoms with Gasteiger partial charge in [0.1, 0.15) is 12.2 Å². The van der Waals surface area contributed by atoms with E-state index in [1.54, 1.807) is 6.92 Å². The quantitative estimate of drug-likeness (QED) is 0.527. The van der Waals surface area contributed by atoms with Crippen molar-refractivity contribution in [2.24, 2.45) is 5.73 Å². The number of rotatable bonds is 3. The number of aromatic amines is 1. The van der Waals surface area contributed by atoms with E-state index in [0.717, 1.165) is 0 Å². The first kappa shape index (κ1) is 8.16. The number of nitrogens with two attached hydrogens (primary N) is 1. The molecule has 0 bridgehead atoms. The lowest BCUT2D eigenvalue weighted by Crippen LogP contribution is -2.36. The number of aromatic nitrogens is 3. The van der Waals surface area contributed by atoms with Gasteiger partial charge in [0.2, 0.25) is 0 Å². The Kier molecular flexibility index (Phi) is 2.21. The largest absolute Gasteiger partial charge is 0.388 e. The number of hydrogen-bond donors (Lipinski definition) is 3. The van der Waals surface area contributed by atoms with Gasteiger partial charge in [-0.2, -0.15) is 5.10 Å². The van der Waals surface area contributed by atoms with Gasteiger partial charge in [-0.15, -0.1) is 0 Å². The highest BCUT2D eigenvalue weighted by Gasteiger charge is 2.19. The van der Waals surface area contributed by atoms with Gasteiger partial charge in [0, 0.05) is 13.0 Å². The Hall–Kier alpha value is -0.940. The van der Waals surface area contributed by atoms with Gasteiger partial charge in [-0.1, -0.05) is 0 Å².